The lowest BCUT2D eigenvalue weighted by Gasteiger charge is -2.18. The first-order valence-corrected chi connectivity index (χ1v) is 19.0. The lowest BCUT2D eigenvalue weighted by molar-refractivity contribution is 1.49. The summed E-state index contributed by atoms with van der Waals surface area (Å²) in [5.41, 5.74) is 5.10. The van der Waals surface area contributed by atoms with Gasteiger partial charge in [-0.2, -0.15) is 10.5 Å². The van der Waals surface area contributed by atoms with Crippen LogP contribution < -0.4 is 0 Å². The summed E-state index contributed by atoms with van der Waals surface area (Å²) >= 11 is 0. The molecule has 4 heteroatoms. The Morgan fingerprint density at radius 2 is 0.776 bits per heavy atom. The van der Waals surface area contributed by atoms with Crippen LogP contribution in [0.25, 0.3) is 129 Å². The molecule has 0 aliphatic heterocycles. The van der Waals surface area contributed by atoms with Crippen LogP contribution in [0.5, 0.6) is 0 Å². The van der Waals surface area contributed by atoms with Gasteiger partial charge in [-0.15, -0.1) is 0 Å². The van der Waals surface area contributed by atoms with Gasteiger partial charge in [0.15, 0.2) is 11.4 Å². The molecular weight excluding hydrogens is 705 g/mol. The Balaban J connectivity index is 1.42. The molecule has 0 aliphatic carbocycles. The molecule has 0 N–H and O–H groups in total. The Morgan fingerprint density at radius 1 is 0.345 bits per heavy atom. The molecular formula is C54H24N4. The molecule has 0 amide bonds. The average Bonchev–Trinajstić information content (AvgIpc) is 3.77. The SMILES string of the molecule is [C-]#[N+]c1cc(C#N)cc(-c2c3cc4c(cc3c(-c3cc(C#N)cc([N+]#[C-])c3)c3c5cc6ccccc6c6cccc(c23)c65)c2cc3ccccc3c3cccc4c32)c1. The zero-order valence-electron chi connectivity index (χ0n) is 30.6. The van der Waals surface area contributed by atoms with Crippen LogP contribution in [0.3, 0.4) is 0 Å². The molecule has 0 unspecified atom stereocenters. The van der Waals surface area contributed by atoms with E-state index >= 15 is 0 Å². The molecule has 0 aromatic heterocycles. The third-order valence-corrected chi connectivity index (χ3v) is 12.3. The van der Waals surface area contributed by atoms with E-state index in [0.29, 0.717) is 22.5 Å². The number of benzene rings is 10. The fourth-order valence-corrected chi connectivity index (χ4v) is 10.1. The van der Waals surface area contributed by atoms with E-state index in [1.807, 2.05) is 24.3 Å². The van der Waals surface area contributed by atoms with Crippen LogP contribution in [0.2, 0.25) is 0 Å². The predicted octanol–water partition coefficient (Wildman–Crippen LogP) is 15.1. The Hall–Kier alpha value is -8.54. The van der Waals surface area contributed by atoms with Crippen LogP contribution in [0.15, 0.2) is 146 Å². The van der Waals surface area contributed by atoms with Crippen LogP contribution in [0.1, 0.15) is 11.1 Å². The maximum Gasteiger partial charge on any atom is 0.189 e. The standard InChI is InChI=1S/C54H24N4/c1-57-35-19-29(27-55)17-33(21-35)49-46-25-43-41-15-7-13-39-37-11-5-3-9-31(37)23-45(51(39)41)44(43)26-47(46)50(34-18-30(28-56)20-36(22-34)58-2)54-48-24-32-10-4-6-12-38(32)40-14-8-16-42(52(40)48)53(49)54/h3-26H. The zero-order chi connectivity index (χ0) is 38.8. The minimum atomic E-state index is 0.396. The van der Waals surface area contributed by atoms with Crippen molar-refractivity contribution in [3.8, 4) is 34.4 Å². The topological polar surface area (TPSA) is 56.3 Å². The van der Waals surface area contributed by atoms with Gasteiger partial charge >= 0.3 is 0 Å². The van der Waals surface area contributed by atoms with Crippen molar-refractivity contribution in [2.24, 2.45) is 0 Å². The van der Waals surface area contributed by atoms with Crippen molar-refractivity contribution < 1.29 is 0 Å². The lowest BCUT2D eigenvalue weighted by Crippen LogP contribution is -1.91. The van der Waals surface area contributed by atoms with Crippen molar-refractivity contribution in [3.63, 3.8) is 0 Å². The van der Waals surface area contributed by atoms with Crippen LogP contribution >= 0.6 is 0 Å². The van der Waals surface area contributed by atoms with Gasteiger partial charge in [0.2, 0.25) is 0 Å². The second kappa shape index (κ2) is 11.5. The van der Waals surface area contributed by atoms with E-state index in [2.05, 4.69) is 131 Å². The van der Waals surface area contributed by atoms with Gasteiger partial charge in [0.05, 0.1) is 25.3 Å². The molecule has 0 saturated heterocycles. The molecule has 0 heterocycles. The van der Waals surface area contributed by atoms with Gasteiger partial charge in [-0.25, -0.2) is 9.69 Å². The van der Waals surface area contributed by atoms with Gasteiger partial charge in [0.1, 0.15) is 0 Å². The third-order valence-electron chi connectivity index (χ3n) is 12.3. The molecule has 58 heavy (non-hydrogen) atoms. The highest BCUT2D eigenvalue weighted by Gasteiger charge is 2.26. The smallest absolute Gasteiger partial charge is 0.189 e. The van der Waals surface area contributed by atoms with Crippen molar-refractivity contribution in [1.29, 1.82) is 10.5 Å². The fourth-order valence-electron chi connectivity index (χ4n) is 10.1. The van der Waals surface area contributed by atoms with Gasteiger partial charge < -0.3 is 0 Å². The van der Waals surface area contributed by atoms with Crippen LogP contribution in [0, 0.1) is 35.8 Å². The van der Waals surface area contributed by atoms with Gasteiger partial charge in [-0.3, -0.25) is 0 Å². The number of rotatable bonds is 2. The molecule has 12 aromatic rings. The Bertz CT molecular complexity index is 3950. The molecule has 12 rings (SSSR count). The van der Waals surface area contributed by atoms with Crippen molar-refractivity contribution in [3.05, 3.63) is 180 Å². The van der Waals surface area contributed by atoms with Gasteiger partial charge in [-0.05, 0) is 180 Å². The van der Waals surface area contributed by atoms with Crippen LogP contribution in [0.4, 0.5) is 11.4 Å². The highest BCUT2D eigenvalue weighted by molar-refractivity contribution is 6.44. The van der Waals surface area contributed by atoms with E-state index in [4.69, 9.17) is 13.1 Å². The Morgan fingerprint density at radius 3 is 1.31 bits per heavy atom. The summed E-state index contributed by atoms with van der Waals surface area (Å²) in [6, 6.07) is 54.8. The molecule has 260 valence electrons. The quantitative estimate of drug-likeness (QED) is 0.131. The molecule has 0 saturated carbocycles. The van der Waals surface area contributed by atoms with E-state index in [9.17, 15) is 10.5 Å². The minimum absolute atomic E-state index is 0.396. The monoisotopic (exact) mass is 728 g/mol. The number of nitriles is 2. The summed E-state index contributed by atoms with van der Waals surface area (Å²) in [5.74, 6) is 0. The molecule has 0 radical (unpaired) electrons. The van der Waals surface area contributed by atoms with Crippen molar-refractivity contribution in [2.75, 3.05) is 0 Å². The van der Waals surface area contributed by atoms with E-state index in [0.717, 1.165) is 92.3 Å². The van der Waals surface area contributed by atoms with Crippen molar-refractivity contribution >= 4 is 108 Å². The maximum atomic E-state index is 10.3. The molecule has 0 bridgehead atoms. The van der Waals surface area contributed by atoms with E-state index in [-0.39, 0.29) is 0 Å². The summed E-state index contributed by atoms with van der Waals surface area (Å²) in [7, 11) is 0. The zero-order valence-corrected chi connectivity index (χ0v) is 30.6. The second-order valence-electron chi connectivity index (χ2n) is 15.2. The van der Waals surface area contributed by atoms with E-state index in [1.165, 1.54) is 26.9 Å². The van der Waals surface area contributed by atoms with Crippen LogP contribution in [-0.4, -0.2) is 0 Å². The first-order chi connectivity index (χ1) is 28.6. The Labute approximate surface area is 331 Å². The fraction of sp³-hybridized carbons (Fsp3) is 0. The lowest BCUT2D eigenvalue weighted by atomic mass is 9.84. The largest absolute Gasteiger partial charge is 0.238 e. The third kappa shape index (κ3) is 4.13. The second-order valence-corrected chi connectivity index (χ2v) is 15.2. The summed E-state index contributed by atoms with van der Waals surface area (Å²) in [5, 5.41) is 40.6. The molecule has 0 fully saturated rings. The molecule has 0 atom stereocenters. The first-order valence-electron chi connectivity index (χ1n) is 19.0. The molecule has 0 spiro atoms. The highest BCUT2D eigenvalue weighted by atomic mass is 14.6. The summed E-state index contributed by atoms with van der Waals surface area (Å²) in [6.45, 7) is 16.1. The molecule has 12 aromatic carbocycles. The van der Waals surface area contributed by atoms with Gasteiger partial charge in [0.25, 0.3) is 0 Å². The minimum Gasteiger partial charge on any atom is -0.238 e. The number of fused-ring (bicyclic) bond motifs is 11. The van der Waals surface area contributed by atoms with Gasteiger partial charge in [0, 0.05) is 11.1 Å². The highest BCUT2D eigenvalue weighted by Crippen LogP contribution is 2.55. The molecule has 0 aliphatic rings. The van der Waals surface area contributed by atoms with Gasteiger partial charge in [-0.1, -0.05) is 84.9 Å². The summed E-state index contributed by atoms with van der Waals surface area (Å²) in [4.78, 5) is 7.68. The van der Waals surface area contributed by atoms with Crippen LogP contribution in [-0.2, 0) is 0 Å². The maximum absolute atomic E-state index is 10.3. The number of nitrogens with zero attached hydrogens (tertiary/aromatic N) is 4. The first kappa shape index (κ1) is 31.8. The summed E-state index contributed by atoms with van der Waals surface area (Å²) in [6.07, 6.45) is 0. The molecule has 4 nitrogen and oxygen atoms in total. The summed E-state index contributed by atoms with van der Waals surface area (Å²) < 4.78 is 0. The predicted molar refractivity (Wildman–Crippen MR) is 239 cm³/mol. The van der Waals surface area contributed by atoms with Crippen molar-refractivity contribution in [1.82, 2.24) is 0 Å². The normalized spacial score (nSPS) is 11.7. The number of hydrogen-bond acceptors (Lipinski definition) is 2. The van der Waals surface area contributed by atoms with E-state index in [1.54, 1.807) is 12.1 Å². The average molecular weight is 729 g/mol. The van der Waals surface area contributed by atoms with E-state index < -0.39 is 0 Å². The number of hydrogen-bond donors (Lipinski definition) is 0. The Kier molecular flexibility index (Phi) is 6.30. The van der Waals surface area contributed by atoms with Crippen molar-refractivity contribution in [2.45, 2.75) is 0 Å².